The molecule has 0 heterocycles. The highest BCUT2D eigenvalue weighted by molar-refractivity contribution is 9.09. The van der Waals surface area contributed by atoms with Crippen LogP contribution < -0.4 is 9.88 Å². The van der Waals surface area contributed by atoms with E-state index in [1.165, 1.54) is 12.1 Å². The summed E-state index contributed by atoms with van der Waals surface area (Å²) >= 11 is 3.34. The molecule has 2 aromatic rings. The van der Waals surface area contributed by atoms with E-state index in [0.717, 1.165) is 0 Å². The van der Waals surface area contributed by atoms with E-state index in [9.17, 15) is 13.2 Å². The van der Waals surface area contributed by atoms with Gasteiger partial charge in [-0.3, -0.25) is 4.79 Å². The van der Waals surface area contributed by atoms with Crippen molar-refractivity contribution in [2.24, 2.45) is 5.14 Å². The van der Waals surface area contributed by atoms with Gasteiger partial charge in [0.2, 0.25) is 10.0 Å². The minimum Gasteiger partial charge on any atom is -0.497 e. The van der Waals surface area contributed by atoms with Crippen molar-refractivity contribution in [2.45, 2.75) is 9.72 Å². The van der Waals surface area contributed by atoms with Gasteiger partial charge in [0.1, 0.15) is 10.6 Å². The van der Waals surface area contributed by atoms with Crippen LogP contribution in [0.1, 0.15) is 20.7 Å². The number of methoxy groups -OCH3 is 1. The zero-order valence-electron chi connectivity index (χ0n) is 11.7. The smallest absolute Gasteiger partial charge is 0.238 e. The number of nitrogens with two attached hydrogens (primary N) is 1. The van der Waals surface area contributed by atoms with Crippen LogP contribution in [0, 0.1) is 0 Å². The molecule has 0 saturated heterocycles. The first-order valence-electron chi connectivity index (χ1n) is 6.28. The molecule has 0 saturated carbocycles. The second-order valence-electron chi connectivity index (χ2n) is 4.57. The van der Waals surface area contributed by atoms with E-state index >= 15 is 0 Å². The van der Waals surface area contributed by atoms with Gasteiger partial charge < -0.3 is 4.74 Å². The lowest BCUT2D eigenvalue weighted by atomic mass is 10.0. The molecule has 0 radical (unpaired) electrons. The zero-order chi connectivity index (χ0) is 16.3. The topological polar surface area (TPSA) is 86.5 Å². The molecule has 22 heavy (non-hydrogen) atoms. The average Bonchev–Trinajstić information content (AvgIpc) is 2.53. The molecule has 1 atom stereocenters. The molecular formula is C15H14BrNO4S. The van der Waals surface area contributed by atoms with Gasteiger partial charge in [0.25, 0.3) is 0 Å². The van der Waals surface area contributed by atoms with Gasteiger partial charge in [-0.2, -0.15) is 0 Å². The molecule has 2 rings (SSSR count). The molecule has 0 aliphatic rings. The fourth-order valence-corrected chi connectivity index (χ4v) is 2.96. The summed E-state index contributed by atoms with van der Waals surface area (Å²) in [6, 6.07) is 12.6. The van der Waals surface area contributed by atoms with Crippen LogP contribution in [0.25, 0.3) is 0 Å². The molecule has 0 aliphatic heterocycles. The normalized spacial score (nSPS) is 12.7. The summed E-state index contributed by atoms with van der Waals surface area (Å²) in [6.45, 7) is 0. The summed E-state index contributed by atoms with van der Waals surface area (Å²) in [5.74, 6) is 0.534. The monoisotopic (exact) mass is 383 g/mol. The fraction of sp³-hybridized carbons (Fsp3) is 0.133. The summed E-state index contributed by atoms with van der Waals surface area (Å²) in [4.78, 5) is 11.8. The first-order valence-corrected chi connectivity index (χ1v) is 8.74. The SMILES string of the molecule is COc1ccc(C(=O)C(Br)c2ccc(S(N)(=O)=O)cc2)cc1. The lowest BCUT2D eigenvalue weighted by Gasteiger charge is -2.10. The van der Waals surface area contributed by atoms with Crippen molar-refractivity contribution in [1.29, 1.82) is 0 Å². The lowest BCUT2D eigenvalue weighted by molar-refractivity contribution is 0.0991. The number of carbonyl (C=O) groups excluding carboxylic acids is 1. The minimum atomic E-state index is -3.74. The Bertz CT molecular complexity index is 770. The largest absolute Gasteiger partial charge is 0.497 e. The van der Waals surface area contributed by atoms with Crippen LogP contribution in [-0.4, -0.2) is 21.3 Å². The van der Waals surface area contributed by atoms with Gasteiger partial charge in [-0.25, -0.2) is 13.6 Å². The van der Waals surface area contributed by atoms with Gasteiger partial charge in [-0.15, -0.1) is 0 Å². The molecule has 2 aromatic carbocycles. The Hall–Kier alpha value is -1.70. The van der Waals surface area contributed by atoms with Crippen LogP contribution in [0.2, 0.25) is 0 Å². The summed E-state index contributed by atoms with van der Waals surface area (Å²) in [5.41, 5.74) is 1.17. The Morgan fingerprint density at radius 1 is 1.09 bits per heavy atom. The summed E-state index contributed by atoms with van der Waals surface area (Å²) in [5, 5.41) is 5.04. The van der Waals surface area contributed by atoms with Crippen molar-refractivity contribution >= 4 is 31.7 Å². The fourth-order valence-electron chi connectivity index (χ4n) is 1.88. The zero-order valence-corrected chi connectivity index (χ0v) is 14.1. The molecule has 0 amide bonds. The molecule has 7 heteroatoms. The van der Waals surface area contributed by atoms with E-state index in [1.54, 1.807) is 43.5 Å². The number of sulfonamides is 1. The van der Waals surface area contributed by atoms with Crippen molar-refractivity contribution in [1.82, 2.24) is 0 Å². The number of carbonyl (C=O) groups is 1. The van der Waals surface area contributed by atoms with Gasteiger partial charge in [0.05, 0.1) is 12.0 Å². The maximum absolute atomic E-state index is 12.4. The van der Waals surface area contributed by atoms with Gasteiger partial charge in [0, 0.05) is 5.56 Å². The number of hydrogen-bond acceptors (Lipinski definition) is 4. The third kappa shape index (κ3) is 3.73. The molecule has 2 N–H and O–H groups in total. The third-order valence-electron chi connectivity index (χ3n) is 3.11. The van der Waals surface area contributed by atoms with Crippen molar-refractivity contribution in [2.75, 3.05) is 7.11 Å². The van der Waals surface area contributed by atoms with Gasteiger partial charge in [0.15, 0.2) is 5.78 Å². The first kappa shape index (κ1) is 16.7. The molecule has 5 nitrogen and oxygen atoms in total. The first-order chi connectivity index (χ1) is 10.3. The number of halogens is 1. The van der Waals surface area contributed by atoms with Crippen LogP contribution in [-0.2, 0) is 10.0 Å². The van der Waals surface area contributed by atoms with Crippen LogP contribution in [0.5, 0.6) is 5.75 Å². The second kappa shape index (κ2) is 6.60. The number of Topliss-reactive ketones (excluding diaryl/α,β-unsaturated/α-hetero) is 1. The quantitative estimate of drug-likeness (QED) is 0.634. The molecule has 1 unspecified atom stereocenters. The molecule has 0 bridgehead atoms. The number of ether oxygens (including phenoxy) is 1. The number of hydrogen-bond donors (Lipinski definition) is 1. The van der Waals surface area contributed by atoms with Crippen LogP contribution >= 0.6 is 15.9 Å². The van der Waals surface area contributed by atoms with E-state index in [-0.39, 0.29) is 10.7 Å². The number of benzene rings is 2. The van der Waals surface area contributed by atoms with Crippen molar-refractivity contribution in [3.63, 3.8) is 0 Å². The van der Waals surface area contributed by atoms with Gasteiger partial charge in [-0.1, -0.05) is 28.1 Å². The van der Waals surface area contributed by atoms with E-state index in [1.807, 2.05) is 0 Å². The predicted octanol–water partition coefficient (Wildman–Crippen LogP) is 2.66. The van der Waals surface area contributed by atoms with E-state index < -0.39 is 14.9 Å². The standard InChI is InChI=1S/C15H14BrNO4S/c1-21-12-6-2-11(3-7-12)15(18)14(16)10-4-8-13(9-5-10)22(17,19)20/h2-9,14H,1H3,(H2,17,19,20). The number of rotatable bonds is 5. The van der Waals surface area contributed by atoms with E-state index in [0.29, 0.717) is 16.9 Å². The van der Waals surface area contributed by atoms with Crippen LogP contribution in [0.15, 0.2) is 53.4 Å². The van der Waals surface area contributed by atoms with Crippen LogP contribution in [0.3, 0.4) is 0 Å². The van der Waals surface area contributed by atoms with Gasteiger partial charge >= 0.3 is 0 Å². The molecule has 116 valence electrons. The second-order valence-corrected chi connectivity index (χ2v) is 7.05. The van der Waals surface area contributed by atoms with Gasteiger partial charge in [-0.05, 0) is 42.0 Å². The Labute approximate surface area is 137 Å². The summed E-state index contributed by atoms with van der Waals surface area (Å²) in [6.07, 6.45) is 0. The van der Waals surface area contributed by atoms with E-state index in [2.05, 4.69) is 15.9 Å². The number of alkyl halides is 1. The van der Waals surface area contributed by atoms with Crippen LogP contribution in [0.4, 0.5) is 0 Å². The highest BCUT2D eigenvalue weighted by atomic mass is 79.9. The Kier molecular flexibility index (Phi) is 5.00. The highest BCUT2D eigenvalue weighted by Crippen LogP contribution is 2.28. The minimum absolute atomic E-state index is 0.00727. The van der Waals surface area contributed by atoms with Crippen molar-refractivity contribution < 1.29 is 17.9 Å². The lowest BCUT2D eigenvalue weighted by Crippen LogP contribution is -2.12. The highest BCUT2D eigenvalue weighted by Gasteiger charge is 2.19. The maximum Gasteiger partial charge on any atom is 0.238 e. The molecule has 0 spiro atoms. The van der Waals surface area contributed by atoms with Crippen molar-refractivity contribution in [3.05, 3.63) is 59.7 Å². The summed E-state index contributed by atoms with van der Waals surface area (Å²) in [7, 11) is -2.19. The molecular weight excluding hydrogens is 370 g/mol. The average molecular weight is 384 g/mol. The summed E-state index contributed by atoms with van der Waals surface area (Å²) < 4.78 is 27.5. The molecule has 0 fully saturated rings. The third-order valence-corrected chi connectivity index (χ3v) is 4.98. The van der Waals surface area contributed by atoms with Crippen molar-refractivity contribution in [3.8, 4) is 5.75 Å². The number of primary sulfonamides is 1. The number of ketones is 1. The van der Waals surface area contributed by atoms with E-state index in [4.69, 9.17) is 9.88 Å². The maximum atomic E-state index is 12.4. The Balaban J connectivity index is 2.22. The Morgan fingerprint density at radius 2 is 1.64 bits per heavy atom. The Morgan fingerprint density at radius 3 is 2.09 bits per heavy atom. The molecule has 0 aliphatic carbocycles. The predicted molar refractivity (Wildman–Crippen MR) is 86.8 cm³/mol. The molecule has 0 aromatic heterocycles.